The molecule has 0 spiro atoms. The van der Waals surface area contributed by atoms with Crippen LogP contribution in [0.5, 0.6) is 0 Å². The van der Waals surface area contributed by atoms with Gasteiger partial charge >= 0.3 is 0 Å². The molecule has 0 aliphatic heterocycles. The van der Waals surface area contributed by atoms with Crippen LogP contribution in [-0.4, -0.2) is 5.16 Å². The first-order valence-corrected chi connectivity index (χ1v) is 6.90. The number of hydrogen-bond donors (Lipinski definition) is 0. The van der Waals surface area contributed by atoms with Crippen LogP contribution in [0.15, 0.2) is 0 Å². The number of hydrogen-bond acceptors (Lipinski definition) is 0. The van der Waals surface area contributed by atoms with E-state index in [9.17, 15) is 0 Å². The molecule has 62 valence electrons. The summed E-state index contributed by atoms with van der Waals surface area (Å²) in [5.41, 5.74) is 0. The molecule has 0 bridgehead atoms. The Kier molecular flexibility index (Phi) is 5.29. The maximum absolute atomic E-state index is 5.93. The first-order chi connectivity index (χ1) is 4.63. The minimum absolute atomic E-state index is 0.221. The highest BCUT2D eigenvalue weighted by Crippen LogP contribution is 2.63. The van der Waals surface area contributed by atoms with Crippen molar-refractivity contribution >= 4 is 29.1 Å². The van der Waals surface area contributed by atoms with Crippen molar-refractivity contribution in [2.24, 2.45) is 0 Å². The third-order valence-electron chi connectivity index (χ3n) is 2.33. The predicted molar refractivity (Wildman–Crippen MR) is 52.2 cm³/mol. The second-order valence-electron chi connectivity index (χ2n) is 2.52. The highest BCUT2D eigenvalue weighted by atomic mass is 35.9. The lowest BCUT2D eigenvalue weighted by molar-refractivity contribution is 0.527. The van der Waals surface area contributed by atoms with Crippen molar-refractivity contribution in [2.75, 3.05) is 0 Å². The van der Waals surface area contributed by atoms with E-state index in [1.165, 1.54) is 0 Å². The first kappa shape index (κ1) is 11.0. The molecule has 0 aliphatic carbocycles. The van der Waals surface area contributed by atoms with Crippen molar-refractivity contribution in [3.8, 4) is 0 Å². The van der Waals surface area contributed by atoms with Gasteiger partial charge in [-0.15, -0.1) is 0 Å². The molecule has 0 atom stereocenters. The molecule has 0 fully saturated rings. The van der Waals surface area contributed by atoms with Crippen LogP contribution in [0.25, 0.3) is 0 Å². The lowest BCUT2D eigenvalue weighted by Crippen LogP contribution is -2.19. The van der Waals surface area contributed by atoms with Crippen LogP contribution in [-0.2, 0) is 0 Å². The maximum atomic E-state index is 5.93. The molecule has 3 heteroatoms. The Morgan fingerprint density at radius 2 is 1.30 bits per heavy atom. The normalized spacial score (nSPS) is 12.6. The van der Waals surface area contributed by atoms with Gasteiger partial charge in [0.1, 0.15) is 0 Å². The molecular weight excluding hydrogens is 186 g/mol. The highest BCUT2D eigenvalue weighted by molar-refractivity contribution is 8.04. The third kappa shape index (κ3) is 2.26. The fourth-order valence-electron chi connectivity index (χ4n) is 1.11. The fourth-order valence-corrected chi connectivity index (χ4v) is 3.98. The molecule has 0 heterocycles. The summed E-state index contributed by atoms with van der Waals surface area (Å²) in [6.45, 7) is 5.68. The van der Waals surface area contributed by atoms with Crippen LogP contribution in [0.3, 0.4) is 0 Å². The molecule has 0 rings (SSSR count). The van der Waals surface area contributed by atoms with Gasteiger partial charge in [0.05, 0.1) is 6.63 Å². The lowest BCUT2D eigenvalue weighted by Gasteiger charge is -2.30. The predicted octanol–water partition coefficient (Wildman–Crippen LogP) is 4.74. The Hall–Kier alpha value is 1.01. The molecule has 0 aromatic rings. The van der Waals surface area contributed by atoms with Gasteiger partial charge in [0.2, 0.25) is 0 Å². The second-order valence-corrected chi connectivity index (χ2v) is 6.48. The van der Waals surface area contributed by atoms with Crippen molar-refractivity contribution in [2.45, 2.75) is 45.2 Å². The largest absolute Gasteiger partial charge is 0.0917 e. The molecule has 0 aliphatic rings. The quantitative estimate of drug-likeness (QED) is 0.576. The second kappa shape index (κ2) is 4.80. The van der Waals surface area contributed by atoms with Gasteiger partial charge in [0.15, 0.2) is 0 Å². The van der Waals surface area contributed by atoms with Gasteiger partial charge in [-0.1, -0.05) is 43.3 Å². The van der Waals surface area contributed by atoms with Crippen molar-refractivity contribution in [3.05, 3.63) is 0 Å². The Morgan fingerprint density at radius 1 is 1.00 bits per heavy atom. The molecule has 0 amide bonds. The van der Waals surface area contributed by atoms with Crippen LogP contribution in [0.2, 0.25) is 0 Å². The van der Waals surface area contributed by atoms with Crippen molar-refractivity contribution in [1.82, 2.24) is 0 Å². The smallest absolute Gasteiger partial charge is 0.0775 e. The average molecular weight is 201 g/mol. The van der Waals surface area contributed by atoms with E-state index in [-0.39, 0.29) is 5.16 Å². The van der Waals surface area contributed by atoms with Gasteiger partial charge in [0, 0.05) is 5.16 Å². The highest BCUT2D eigenvalue weighted by Gasteiger charge is 2.31. The maximum Gasteiger partial charge on any atom is 0.0917 e. The summed E-state index contributed by atoms with van der Waals surface area (Å²) in [6.07, 6.45) is 3.29. The van der Waals surface area contributed by atoms with Crippen molar-refractivity contribution in [3.63, 3.8) is 0 Å². The molecule has 0 aromatic heterocycles. The van der Waals surface area contributed by atoms with E-state index in [4.69, 9.17) is 22.5 Å². The average Bonchev–Trinajstić information content (AvgIpc) is 1.92. The zero-order valence-corrected chi connectivity index (χ0v) is 9.23. The zero-order valence-electron chi connectivity index (χ0n) is 6.82. The molecule has 0 aromatic carbocycles. The molecule has 0 N–H and O–H groups in total. The molecule has 0 saturated heterocycles. The van der Waals surface area contributed by atoms with E-state index < -0.39 is 6.63 Å². The summed E-state index contributed by atoms with van der Waals surface area (Å²) in [6, 6.07) is 0. The van der Waals surface area contributed by atoms with E-state index in [2.05, 4.69) is 20.8 Å². The van der Waals surface area contributed by atoms with Gasteiger partial charge < -0.3 is 0 Å². The Bertz CT molecular complexity index is 81.3. The standard InChI is InChI=1S/C7H15Cl2P/c1-4-7(5-2,6-3)10(8)9/h4-6H2,1-3H3. The summed E-state index contributed by atoms with van der Waals surface area (Å²) in [4.78, 5) is 0. The van der Waals surface area contributed by atoms with Crippen molar-refractivity contribution in [1.29, 1.82) is 0 Å². The van der Waals surface area contributed by atoms with Gasteiger partial charge in [-0.05, 0) is 19.3 Å². The molecule has 0 radical (unpaired) electrons. The molecule has 10 heavy (non-hydrogen) atoms. The number of rotatable bonds is 4. The van der Waals surface area contributed by atoms with E-state index in [0.717, 1.165) is 19.3 Å². The summed E-state index contributed by atoms with van der Waals surface area (Å²) < 4.78 is 0. The summed E-state index contributed by atoms with van der Waals surface area (Å²) >= 11 is 11.9. The van der Waals surface area contributed by atoms with Crippen LogP contribution in [0.1, 0.15) is 40.0 Å². The summed E-state index contributed by atoms with van der Waals surface area (Å²) in [5.74, 6) is 0. The minimum atomic E-state index is -0.804. The Labute approximate surface area is 74.6 Å². The molecule has 0 unspecified atom stereocenters. The van der Waals surface area contributed by atoms with Crippen LogP contribution < -0.4 is 0 Å². The van der Waals surface area contributed by atoms with Gasteiger partial charge in [0.25, 0.3) is 0 Å². The summed E-state index contributed by atoms with van der Waals surface area (Å²) in [7, 11) is 0. The van der Waals surface area contributed by atoms with Crippen LogP contribution >= 0.6 is 29.1 Å². The van der Waals surface area contributed by atoms with Crippen LogP contribution in [0.4, 0.5) is 0 Å². The summed E-state index contributed by atoms with van der Waals surface area (Å²) in [5, 5.41) is 0.221. The lowest BCUT2D eigenvalue weighted by atomic mass is 9.99. The van der Waals surface area contributed by atoms with Gasteiger partial charge in [-0.3, -0.25) is 0 Å². The number of halogens is 2. The third-order valence-corrected chi connectivity index (χ3v) is 6.15. The van der Waals surface area contributed by atoms with E-state index in [0.29, 0.717) is 0 Å². The van der Waals surface area contributed by atoms with Crippen LogP contribution in [0, 0.1) is 0 Å². The zero-order chi connectivity index (χ0) is 8.20. The monoisotopic (exact) mass is 200 g/mol. The fraction of sp³-hybridized carbons (Fsp3) is 1.00. The van der Waals surface area contributed by atoms with E-state index in [1.54, 1.807) is 0 Å². The Morgan fingerprint density at radius 3 is 1.30 bits per heavy atom. The van der Waals surface area contributed by atoms with Crippen molar-refractivity contribution < 1.29 is 0 Å². The van der Waals surface area contributed by atoms with E-state index in [1.807, 2.05) is 0 Å². The van der Waals surface area contributed by atoms with Gasteiger partial charge in [-0.25, -0.2) is 0 Å². The molecule has 0 saturated carbocycles. The Balaban J connectivity index is 4.15. The first-order valence-electron chi connectivity index (χ1n) is 3.74. The topological polar surface area (TPSA) is 0 Å². The van der Waals surface area contributed by atoms with Gasteiger partial charge in [-0.2, -0.15) is 0 Å². The minimum Gasteiger partial charge on any atom is -0.0775 e. The van der Waals surface area contributed by atoms with E-state index >= 15 is 0 Å². The molecule has 0 nitrogen and oxygen atoms in total. The molecular formula is C7H15Cl2P. The SMILES string of the molecule is CCC(CC)(CC)P(Cl)Cl.